The van der Waals surface area contributed by atoms with Crippen molar-refractivity contribution in [1.82, 2.24) is 5.32 Å². The van der Waals surface area contributed by atoms with Crippen LogP contribution < -0.4 is 5.32 Å². The molecule has 3 nitrogen and oxygen atoms in total. The van der Waals surface area contributed by atoms with Gasteiger partial charge in [-0.1, -0.05) is 12.8 Å². The van der Waals surface area contributed by atoms with Gasteiger partial charge in [0, 0.05) is 5.54 Å². The van der Waals surface area contributed by atoms with Crippen molar-refractivity contribution in [2.45, 2.75) is 75.0 Å². The maximum atomic E-state index is 9.62. The zero-order valence-electron chi connectivity index (χ0n) is 10.7. The Kier molecular flexibility index (Phi) is 3.18. The summed E-state index contributed by atoms with van der Waals surface area (Å²) in [6, 6.07) is 0. The quantitative estimate of drug-likeness (QED) is 0.791. The molecule has 3 aliphatic rings. The van der Waals surface area contributed by atoms with Gasteiger partial charge in [0.15, 0.2) is 0 Å². The second-order valence-electron chi connectivity index (χ2n) is 6.34. The molecule has 3 heteroatoms. The summed E-state index contributed by atoms with van der Waals surface area (Å²) in [6.07, 6.45) is 11.4. The molecular weight excluding hydrogens is 214 g/mol. The van der Waals surface area contributed by atoms with Crippen LogP contribution in [0.4, 0.5) is 0 Å². The van der Waals surface area contributed by atoms with Gasteiger partial charge in [0.1, 0.15) is 0 Å². The molecule has 0 aromatic heterocycles. The van der Waals surface area contributed by atoms with E-state index in [1.807, 2.05) is 0 Å². The van der Waals surface area contributed by atoms with E-state index in [0.717, 1.165) is 19.4 Å². The van der Waals surface area contributed by atoms with Gasteiger partial charge >= 0.3 is 0 Å². The fourth-order valence-electron chi connectivity index (χ4n) is 4.10. The van der Waals surface area contributed by atoms with Crippen molar-refractivity contribution < 1.29 is 9.84 Å². The number of nitrogens with one attached hydrogen (secondary N) is 1. The first-order chi connectivity index (χ1) is 8.26. The Hall–Kier alpha value is -0.120. The highest BCUT2D eigenvalue weighted by atomic mass is 16.5. The normalized spacial score (nSPS) is 40.4. The molecule has 98 valence electrons. The molecule has 0 bridgehead atoms. The lowest BCUT2D eigenvalue weighted by atomic mass is 9.90. The van der Waals surface area contributed by atoms with Crippen LogP contribution >= 0.6 is 0 Å². The van der Waals surface area contributed by atoms with Gasteiger partial charge in [-0.15, -0.1) is 0 Å². The van der Waals surface area contributed by atoms with Crippen LogP contribution in [0.2, 0.25) is 0 Å². The van der Waals surface area contributed by atoms with Gasteiger partial charge in [-0.25, -0.2) is 0 Å². The van der Waals surface area contributed by atoms with E-state index in [2.05, 4.69) is 5.32 Å². The molecule has 2 N–H and O–H groups in total. The second kappa shape index (κ2) is 4.52. The van der Waals surface area contributed by atoms with Crippen molar-refractivity contribution in [1.29, 1.82) is 0 Å². The highest BCUT2D eigenvalue weighted by molar-refractivity contribution is 4.99. The summed E-state index contributed by atoms with van der Waals surface area (Å²) in [7, 11) is 0. The van der Waals surface area contributed by atoms with Crippen LogP contribution in [0.1, 0.15) is 57.8 Å². The Labute approximate surface area is 104 Å². The number of hydrogen-bond donors (Lipinski definition) is 2. The molecule has 1 saturated carbocycles. The molecule has 3 rings (SSSR count). The molecule has 2 aliphatic heterocycles. The third-order valence-electron chi connectivity index (χ3n) is 5.11. The standard InChI is InChI=1S/C14H25NO2/c16-11-13(5-3-9-15-13)10-12-4-8-14(17-12)6-1-2-7-14/h12,15-16H,1-11H2. The highest BCUT2D eigenvalue weighted by Gasteiger charge is 2.45. The van der Waals surface area contributed by atoms with Crippen LogP contribution in [0.15, 0.2) is 0 Å². The van der Waals surface area contributed by atoms with Gasteiger partial charge in [0.05, 0.1) is 18.3 Å². The Balaban J connectivity index is 1.59. The van der Waals surface area contributed by atoms with Crippen molar-refractivity contribution >= 4 is 0 Å². The van der Waals surface area contributed by atoms with Crippen LogP contribution in [0.25, 0.3) is 0 Å². The maximum Gasteiger partial charge on any atom is 0.0687 e. The first-order valence-electron chi connectivity index (χ1n) is 7.30. The Bertz CT molecular complexity index is 267. The van der Waals surface area contributed by atoms with E-state index in [4.69, 9.17) is 4.74 Å². The molecule has 0 aromatic carbocycles. The largest absolute Gasteiger partial charge is 0.394 e. The van der Waals surface area contributed by atoms with E-state index in [0.29, 0.717) is 6.10 Å². The zero-order chi connectivity index (χ0) is 11.8. The molecule has 0 radical (unpaired) electrons. The van der Waals surface area contributed by atoms with Gasteiger partial charge < -0.3 is 15.2 Å². The predicted octanol–water partition coefficient (Wildman–Crippen LogP) is 1.98. The van der Waals surface area contributed by atoms with Crippen LogP contribution in [0, 0.1) is 0 Å². The molecular formula is C14H25NO2. The summed E-state index contributed by atoms with van der Waals surface area (Å²) in [5.41, 5.74) is 0.203. The van der Waals surface area contributed by atoms with Crippen molar-refractivity contribution in [3.63, 3.8) is 0 Å². The van der Waals surface area contributed by atoms with E-state index < -0.39 is 0 Å². The molecule has 2 heterocycles. The fraction of sp³-hybridized carbons (Fsp3) is 1.00. The number of rotatable bonds is 3. The first-order valence-corrected chi connectivity index (χ1v) is 7.30. The molecule has 1 aliphatic carbocycles. The smallest absolute Gasteiger partial charge is 0.0687 e. The average molecular weight is 239 g/mol. The monoisotopic (exact) mass is 239 g/mol. The first kappa shape index (κ1) is 11.9. The maximum absolute atomic E-state index is 9.62. The molecule has 0 amide bonds. The zero-order valence-corrected chi connectivity index (χ0v) is 10.7. The molecule has 17 heavy (non-hydrogen) atoms. The fourth-order valence-corrected chi connectivity index (χ4v) is 4.10. The predicted molar refractivity (Wildman–Crippen MR) is 67.0 cm³/mol. The Morgan fingerprint density at radius 3 is 2.59 bits per heavy atom. The van der Waals surface area contributed by atoms with Gasteiger partial charge in [0.2, 0.25) is 0 Å². The highest BCUT2D eigenvalue weighted by Crippen LogP contribution is 2.45. The molecule has 0 aromatic rings. The minimum absolute atomic E-state index is 0.0329. The summed E-state index contributed by atoms with van der Waals surface area (Å²) in [4.78, 5) is 0. The van der Waals surface area contributed by atoms with Crippen LogP contribution in [-0.2, 0) is 4.74 Å². The minimum Gasteiger partial charge on any atom is -0.394 e. The molecule has 2 unspecified atom stereocenters. The van der Waals surface area contributed by atoms with Gasteiger partial charge in [-0.05, 0) is 51.5 Å². The van der Waals surface area contributed by atoms with Crippen molar-refractivity contribution in [2.75, 3.05) is 13.2 Å². The Morgan fingerprint density at radius 1 is 1.12 bits per heavy atom. The van der Waals surface area contributed by atoms with E-state index in [9.17, 15) is 5.11 Å². The second-order valence-corrected chi connectivity index (χ2v) is 6.34. The molecule has 3 fully saturated rings. The summed E-state index contributed by atoms with van der Waals surface area (Å²) in [6.45, 7) is 1.32. The average Bonchev–Trinajstić information content (AvgIpc) is 3.04. The number of ether oxygens (including phenoxy) is 1. The van der Waals surface area contributed by atoms with Crippen LogP contribution in [0.3, 0.4) is 0 Å². The topological polar surface area (TPSA) is 41.5 Å². The number of hydrogen-bond acceptors (Lipinski definition) is 3. The van der Waals surface area contributed by atoms with Crippen molar-refractivity contribution in [3.8, 4) is 0 Å². The lowest BCUT2D eigenvalue weighted by Crippen LogP contribution is -2.46. The summed E-state index contributed by atoms with van der Waals surface area (Å²) >= 11 is 0. The third-order valence-corrected chi connectivity index (χ3v) is 5.11. The lowest BCUT2D eigenvalue weighted by molar-refractivity contribution is -0.0509. The van der Waals surface area contributed by atoms with Crippen molar-refractivity contribution in [3.05, 3.63) is 0 Å². The van der Waals surface area contributed by atoms with Gasteiger partial charge in [-0.3, -0.25) is 0 Å². The molecule has 1 spiro atoms. The lowest BCUT2D eigenvalue weighted by Gasteiger charge is -2.31. The minimum atomic E-state index is -0.0329. The Morgan fingerprint density at radius 2 is 1.94 bits per heavy atom. The SMILES string of the molecule is OCC1(CC2CCC3(CCCC3)O2)CCCN1. The van der Waals surface area contributed by atoms with Gasteiger partial charge in [0.25, 0.3) is 0 Å². The van der Waals surface area contributed by atoms with Crippen LogP contribution in [0.5, 0.6) is 0 Å². The molecule has 2 atom stereocenters. The van der Waals surface area contributed by atoms with Crippen molar-refractivity contribution in [2.24, 2.45) is 0 Å². The molecule has 2 saturated heterocycles. The van der Waals surface area contributed by atoms with Gasteiger partial charge in [-0.2, -0.15) is 0 Å². The van der Waals surface area contributed by atoms with Crippen LogP contribution in [-0.4, -0.2) is 35.5 Å². The third kappa shape index (κ3) is 2.25. The van der Waals surface area contributed by atoms with E-state index >= 15 is 0 Å². The number of aliphatic hydroxyl groups is 1. The summed E-state index contributed by atoms with van der Waals surface area (Å²) in [5, 5.41) is 13.1. The summed E-state index contributed by atoms with van der Waals surface area (Å²) in [5.74, 6) is 0. The number of aliphatic hydroxyl groups excluding tert-OH is 1. The van der Waals surface area contributed by atoms with E-state index in [1.165, 1.54) is 44.9 Å². The summed E-state index contributed by atoms with van der Waals surface area (Å²) < 4.78 is 6.35. The van der Waals surface area contributed by atoms with E-state index in [-0.39, 0.29) is 17.7 Å². The van der Waals surface area contributed by atoms with E-state index in [1.54, 1.807) is 0 Å².